The Morgan fingerprint density at radius 2 is 2.14 bits per heavy atom. The molecule has 0 bridgehead atoms. The van der Waals surface area contributed by atoms with Gasteiger partial charge >= 0.3 is 0 Å². The van der Waals surface area contributed by atoms with Gasteiger partial charge in [0.2, 0.25) is 0 Å². The second-order valence-electron chi connectivity index (χ2n) is 4.76. The van der Waals surface area contributed by atoms with Gasteiger partial charge < -0.3 is 14.6 Å². The molecule has 0 aliphatic heterocycles. The Bertz CT molecular complexity index is 588. The molecule has 0 unspecified atom stereocenters. The largest absolute Gasteiger partial charge is 0.493 e. The zero-order valence-electron chi connectivity index (χ0n) is 12.2. The number of halogens is 1. The minimum absolute atomic E-state index is 0.190. The molecular formula is C14H18ClN3O3. The van der Waals surface area contributed by atoms with Gasteiger partial charge in [0, 0.05) is 22.7 Å². The molecule has 0 saturated heterocycles. The fraction of sp³-hybridized carbons (Fsp3) is 0.429. The Morgan fingerprint density at radius 3 is 2.76 bits per heavy atom. The average Bonchev–Trinajstić information content (AvgIpc) is 2.93. The van der Waals surface area contributed by atoms with Crippen molar-refractivity contribution in [3.63, 3.8) is 0 Å². The van der Waals surface area contributed by atoms with E-state index in [1.807, 2.05) is 13.8 Å². The van der Waals surface area contributed by atoms with Gasteiger partial charge in [0.15, 0.2) is 17.3 Å². The molecule has 1 aromatic carbocycles. The Morgan fingerprint density at radius 1 is 1.38 bits per heavy atom. The van der Waals surface area contributed by atoms with E-state index < -0.39 is 0 Å². The molecule has 2 rings (SSSR count). The first-order valence-electron chi connectivity index (χ1n) is 6.55. The van der Waals surface area contributed by atoms with Crippen molar-refractivity contribution in [2.24, 2.45) is 0 Å². The molecule has 1 N–H and O–H groups in total. The molecule has 0 saturated carbocycles. The Balaban J connectivity index is 2.25. The monoisotopic (exact) mass is 311 g/mol. The van der Waals surface area contributed by atoms with Gasteiger partial charge in [-0.15, -0.1) is 0 Å². The van der Waals surface area contributed by atoms with Gasteiger partial charge in [-0.3, -0.25) is 0 Å². The topological polar surface area (TPSA) is 69.4 Å². The highest BCUT2D eigenvalue weighted by molar-refractivity contribution is 6.30. The Kier molecular flexibility index (Phi) is 5.03. The van der Waals surface area contributed by atoms with Gasteiger partial charge in [0.1, 0.15) is 12.9 Å². The van der Waals surface area contributed by atoms with Gasteiger partial charge in [-0.2, -0.15) is 5.10 Å². The van der Waals surface area contributed by atoms with Gasteiger partial charge in [0.25, 0.3) is 0 Å². The molecule has 1 heterocycles. The molecule has 2 aromatic rings. The molecule has 0 fully saturated rings. The molecule has 6 nitrogen and oxygen atoms in total. The summed E-state index contributed by atoms with van der Waals surface area (Å²) in [7, 11) is 1.52. The van der Waals surface area contributed by atoms with E-state index in [1.54, 1.807) is 16.8 Å². The number of nitrogens with zero attached hydrogens (tertiary/aromatic N) is 3. The number of hydrogen-bond acceptors (Lipinski definition) is 5. The highest BCUT2D eigenvalue weighted by Gasteiger charge is 2.15. The zero-order chi connectivity index (χ0) is 15.4. The number of methoxy groups -OCH3 is 1. The number of aromatic nitrogens is 3. The van der Waals surface area contributed by atoms with E-state index in [0.29, 0.717) is 27.9 Å². The summed E-state index contributed by atoms with van der Waals surface area (Å²) < 4.78 is 12.8. The highest BCUT2D eigenvalue weighted by atomic mass is 35.5. The normalized spacial score (nSPS) is 11.0. The molecule has 114 valence electrons. The van der Waals surface area contributed by atoms with Crippen molar-refractivity contribution in [3.05, 3.63) is 34.9 Å². The zero-order valence-corrected chi connectivity index (χ0v) is 13.0. The number of hydrogen-bond donors (Lipinski definition) is 1. The Labute approximate surface area is 128 Å². The fourth-order valence-electron chi connectivity index (χ4n) is 2.00. The van der Waals surface area contributed by atoms with Crippen molar-refractivity contribution >= 4 is 11.6 Å². The fourth-order valence-corrected chi connectivity index (χ4v) is 2.23. The van der Waals surface area contributed by atoms with E-state index in [4.69, 9.17) is 21.1 Å². The lowest BCUT2D eigenvalue weighted by Crippen LogP contribution is -2.11. The van der Waals surface area contributed by atoms with Crippen LogP contribution in [0.1, 0.15) is 31.3 Å². The third kappa shape index (κ3) is 3.46. The van der Waals surface area contributed by atoms with Crippen LogP contribution in [0.15, 0.2) is 18.5 Å². The molecule has 1 aromatic heterocycles. The summed E-state index contributed by atoms with van der Waals surface area (Å²) in [5.41, 5.74) is 0.565. The minimum Gasteiger partial charge on any atom is -0.493 e. The number of benzene rings is 1. The van der Waals surface area contributed by atoms with Crippen molar-refractivity contribution in [2.75, 3.05) is 7.11 Å². The minimum atomic E-state index is -0.191. The van der Waals surface area contributed by atoms with Gasteiger partial charge in [-0.1, -0.05) is 11.6 Å². The molecular weight excluding hydrogens is 294 g/mol. The van der Waals surface area contributed by atoms with Crippen LogP contribution in [0.3, 0.4) is 0 Å². The molecule has 0 amide bonds. The van der Waals surface area contributed by atoms with Crippen molar-refractivity contribution in [1.82, 2.24) is 14.8 Å². The molecule has 0 aliphatic carbocycles. The smallest absolute Gasteiger partial charge is 0.167 e. The summed E-state index contributed by atoms with van der Waals surface area (Å²) in [5, 5.41) is 14.1. The first kappa shape index (κ1) is 15.6. The van der Waals surface area contributed by atoms with E-state index in [1.165, 1.54) is 13.4 Å². The SMILES string of the molecule is COc1cc(Cl)cc(CO)c1OCc1ncnn1C(C)C. The van der Waals surface area contributed by atoms with Crippen LogP contribution in [-0.2, 0) is 13.2 Å². The van der Waals surface area contributed by atoms with Crippen LogP contribution >= 0.6 is 11.6 Å². The molecule has 0 aliphatic rings. The predicted octanol–water partition coefficient (Wildman–Crippen LogP) is 2.59. The van der Waals surface area contributed by atoms with Gasteiger partial charge in [-0.05, 0) is 19.9 Å². The first-order chi connectivity index (χ1) is 10.1. The van der Waals surface area contributed by atoms with Crippen LogP contribution in [-0.4, -0.2) is 27.0 Å². The lowest BCUT2D eigenvalue weighted by Gasteiger charge is -2.15. The van der Waals surface area contributed by atoms with Crippen molar-refractivity contribution < 1.29 is 14.6 Å². The van der Waals surface area contributed by atoms with Crippen LogP contribution < -0.4 is 9.47 Å². The number of ether oxygens (including phenoxy) is 2. The van der Waals surface area contributed by atoms with Crippen LogP contribution in [0.5, 0.6) is 11.5 Å². The standard InChI is InChI=1S/C14H18ClN3O3/c1-9(2)18-13(16-8-17-18)7-21-14-10(6-19)4-11(15)5-12(14)20-3/h4-5,8-9,19H,6-7H2,1-3H3. The third-order valence-electron chi connectivity index (χ3n) is 2.97. The van der Waals surface area contributed by atoms with Gasteiger partial charge in [-0.25, -0.2) is 9.67 Å². The molecule has 0 spiro atoms. The summed E-state index contributed by atoms with van der Waals surface area (Å²) in [6, 6.07) is 3.48. The number of aliphatic hydroxyl groups excluding tert-OH is 1. The van der Waals surface area contributed by atoms with Crippen LogP contribution in [0, 0.1) is 0 Å². The summed E-state index contributed by atoms with van der Waals surface area (Å²) in [5.74, 6) is 1.63. The van der Waals surface area contributed by atoms with E-state index in [9.17, 15) is 5.11 Å². The van der Waals surface area contributed by atoms with Crippen LogP contribution in [0.2, 0.25) is 5.02 Å². The summed E-state index contributed by atoms with van der Waals surface area (Å²) in [6.45, 7) is 4.06. The quantitative estimate of drug-likeness (QED) is 0.888. The highest BCUT2D eigenvalue weighted by Crippen LogP contribution is 2.35. The number of rotatable bonds is 6. The third-order valence-corrected chi connectivity index (χ3v) is 3.19. The maximum Gasteiger partial charge on any atom is 0.167 e. The molecule has 0 atom stereocenters. The Hall–Kier alpha value is -1.79. The van der Waals surface area contributed by atoms with E-state index in [2.05, 4.69) is 10.1 Å². The lowest BCUT2D eigenvalue weighted by atomic mass is 10.2. The summed E-state index contributed by atoms with van der Waals surface area (Å²) in [6.07, 6.45) is 1.49. The lowest BCUT2D eigenvalue weighted by molar-refractivity contribution is 0.241. The summed E-state index contributed by atoms with van der Waals surface area (Å²) >= 11 is 5.97. The van der Waals surface area contributed by atoms with Crippen LogP contribution in [0.4, 0.5) is 0 Å². The van der Waals surface area contributed by atoms with E-state index in [0.717, 1.165) is 0 Å². The molecule has 0 radical (unpaired) electrons. The van der Waals surface area contributed by atoms with E-state index in [-0.39, 0.29) is 19.3 Å². The maximum atomic E-state index is 9.44. The molecule has 7 heteroatoms. The van der Waals surface area contributed by atoms with Crippen LogP contribution in [0.25, 0.3) is 0 Å². The second kappa shape index (κ2) is 6.78. The number of aliphatic hydroxyl groups is 1. The van der Waals surface area contributed by atoms with Gasteiger partial charge in [0.05, 0.1) is 13.7 Å². The van der Waals surface area contributed by atoms with E-state index >= 15 is 0 Å². The van der Waals surface area contributed by atoms with Crippen molar-refractivity contribution in [3.8, 4) is 11.5 Å². The maximum absolute atomic E-state index is 9.44. The first-order valence-corrected chi connectivity index (χ1v) is 6.93. The van der Waals surface area contributed by atoms with Crippen molar-refractivity contribution in [1.29, 1.82) is 0 Å². The van der Waals surface area contributed by atoms with Crippen molar-refractivity contribution in [2.45, 2.75) is 33.1 Å². The molecule has 21 heavy (non-hydrogen) atoms. The second-order valence-corrected chi connectivity index (χ2v) is 5.19. The summed E-state index contributed by atoms with van der Waals surface area (Å²) in [4.78, 5) is 4.18. The predicted molar refractivity (Wildman–Crippen MR) is 78.7 cm³/mol. The average molecular weight is 312 g/mol.